The number of rotatable bonds is 13. The Morgan fingerprint density at radius 3 is 2.30 bits per heavy atom. The minimum Gasteiger partial charge on any atom is -0.478 e. The first-order chi connectivity index (χ1) is 22.1. The quantitative estimate of drug-likeness (QED) is 0.221. The zero-order chi connectivity index (χ0) is 34.9. The van der Waals surface area contributed by atoms with Gasteiger partial charge in [0, 0.05) is 43.3 Å². The molecular weight excluding hydrogens is 639 g/mol. The zero-order valence-electron chi connectivity index (χ0n) is 27.4. The highest BCUT2D eigenvalue weighted by Gasteiger charge is 2.36. The SMILES string of the molecule is CCOC(=O)[C@@H](Oc1ccc(CNC(=O)[C@H]2SCCN2C(=O)C[C@@H](Cc2cc(F)c(F)cc2F)NC(=O)OC(C)(C)C)cc1)C(C)C. The van der Waals surface area contributed by atoms with Gasteiger partial charge in [-0.25, -0.2) is 22.8 Å². The lowest BCUT2D eigenvalue weighted by atomic mass is 10.0. The summed E-state index contributed by atoms with van der Waals surface area (Å²) in [7, 11) is 0. The normalized spacial score (nSPS) is 16.0. The third-order valence-corrected chi connectivity index (χ3v) is 8.11. The van der Waals surface area contributed by atoms with Crippen LogP contribution in [0.5, 0.6) is 5.75 Å². The van der Waals surface area contributed by atoms with Gasteiger partial charge in [-0.15, -0.1) is 11.8 Å². The Kier molecular flexibility index (Phi) is 13.4. The molecule has 0 bridgehead atoms. The maximum absolute atomic E-state index is 14.5. The largest absolute Gasteiger partial charge is 0.478 e. The Balaban J connectivity index is 1.64. The van der Waals surface area contributed by atoms with Gasteiger partial charge in [0.05, 0.1) is 6.61 Å². The molecule has 47 heavy (non-hydrogen) atoms. The second kappa shape index (κ2) is 16.8. The first kappa shape index (κ1) is 37.5. The number of carbonyl (C=O) groups is 4. The fourth-order valence-corrected chi connectivity index (χ4v) is 5.86. The summed E-state index contributed by atoms with van der Waals surface area (Å²) in [6.07, 6.45) is -2.32. The number of nitrogens with zero attached hydrogens (tertiary/aromatic N) is 1. The van der Waals surface area contributed by atoms with Gasteiger partial charge in [0.25, 0.3) is 5.91 Å². The van der Waals surface area contributed by atoms with E-state index in [4.69, 9.17) is 14.2 Å². The maximum Gasteiger partial charge on any atom is 0.407 e. The number of halogens is 3. The van der Waals surface area contributed by atoms with Crippen LogP contribution in [0.4, 0.5) is 18.0 Å². The molecule has 2 aromatic carbocycles. The molecule has 10 nitrogen and oxygen atoms in total. The molecule has 0 spiro atoms. The first-order valence-corrected chi connectivity index (χ1v) is 16.4. The topological polar surface area (TPSA) is 123 Å². The number of benzene rings is 2. The Labute approximate surface area is 277 Å². The summed E-state index contributed by atoms with van der Waals surface area (Å²) in [5, 5.41) is 4.49. The third-order valence-electron chi connectivity index (χ3n) is 6.91. The molecular formula is C33H42F3N3O7S. The number of ether oxygens (including phenoxy) is 3. The van der Waals surface area contributed by atoms with Crippen molar-refractivity contribution in [1.82, 2.24) is 15.5 Å². The lowest BCUT2D eigenvalue weighted by Crippen LogP contribution is -2.48. The summed E-state index contributed by atoms with van der Waals surface area (Å²) >= 11 is 1.27. The fourth-order valence-electron chi connectivity index (χ4n) is 4.69. The van der Waals surface area contributed by atoms with Gasteiger partial charge < -0.3 is 29.7 Å². The van der Waals surface area contributed by atoms with Crippen LogP contribution in [-0.4, -0.2) is 70.8 Å². The molecule has 1 aliphatic heterocycles. The second-order valence-corrected chi connectivity index (χ2v) is 13.5. The molecule has 0 unspecified atom stereocenters. The Bertz CT molecular complexity index is 1420. The summed E-state index contributed by atoms with van der Waals surface area (Å²) < 4.78 is 58.1. The zero-order valence-corrected chi connectivity index (χ0v) is 28.2. The number of hydrogen-bond acceptors (Lipinski definition) is 8. The highest BCUT2D eigenvalue weighted by molar-refractivity contribution is 8.00. The van der Waals surface area contributed by atoms with Gasteiger partial charge in [-0.1, -0.05) is 26.0 Å². The van der Waals surface area contributed by atoms with Gasteiger partial charge in [-0.3, -0.25) is 9.59 Å². The van der Waals surface area contributed by atoms with Gasteiger partial charge in [0.1, 0.15) is 17.2 Å². The Morgan fingerprint density at radius 2 is 1.68 bits per heavy atom. The minimum absolute atomic E-state index is 0.113. The van der Waals surface area contributed by atoms with Gasteiger partial charge in [0.15, 0.2) is 23.1 Å². The highest BCUT2D eigenvalue weighted by Crippen LogP contribution is 2.26. The van der Waals surface area contributed by atoms with Crippen LogP contribution in [0.1, 0.15) is 59.1 Å². The molecule has 3 rings (SSSR count). The van der Waals surface area contributed by atoms with Crippen LogP contribution in [0.2, 0.25) is 0 Å². The average Bonchev–Trinajstić information content (AvgIpc) is 3.47. The van der Waals surface area contributed by atoms with Crippen molar-refractivity contribution in [3.05, 3.63) is 65.0 Å². The number of amides is 3. The van der Waals surface area contributed by atoms with E-state index in [1.807, 2.05) is 13.8 Å². The van der Waals surface area contributed by atoms with E-state index in [9.17, 15) is 32.3 Å². The summed E-state index contributed by atoms with van der Waals surface area (Å²) in [5.74, 6) is -4.18. The van der Waals surface area contributed by atoms with Crippen molar-refractivity contribution in [2.24, 2.45) is 5.92 Å². The highest BCUT2D eigenvalue weighted by atomic mass is 32.2. The van der Waals surface area contributed by atoms with E-state index in [1.54, 1.807) is 52.0 Å². The van der Waals surface area contributed by atoms with Crippen LogP contribution in [0, 0.1) is 23.4 Å². The van der Waals surface area contributed by atoms with Crippen LogP contribution in [-0.2, 0) is 36.8 Å². The van der Waals surface area contributed by atoms with Crippen LogP contribution in [0.25, 0.3) is 0 Å². The lowest BCUT2D eigenvalue weighted by Gasteiger charge is -2.27. The van der Waals surface area contributed by atoms with Crippen LogP contribution in [0.15, 0.2) is 36.4 Å². The molecule has 1 fully saturated rings. The van der Waals surface area contributed by atoms with Crippen molar-refractivity contribution in [3.8, 4) is 5.75 Å². The van der Waals surface area contributed by atoms with Gasteiger partial charge in [-0.05, 0) is 63.4 Å². The summed E-state index contributed by atoms with van der Waals surface area (Å²) in [4.78, 5) is 52.7. The fraction of sp³-hybridized carbons (Fsp3) is 0.515. The van der Waals surface area contributed by atoms with E-state index in [2.05, 4.69) is 10.6 Å². The van der Waals surface area contributed by atoms with E-state index in [0.29, 0.717) is 23.6 Å². The number of alkyl carbamates (subject to hydrolysis) is 1. The molecule has 3 atom stereocenters. The first-order valence-electron chi connectivity index (χ1n) is 15.3. The molecule has 1 heterocycles. The maximum atomic E-state index is 14.5. The van der Waals surface area contributed by atoms with Crippen LogP contribution < -0.4 is 15.4 Å². The van der Waals surface area contributed by atoms with Crippen molar-refractivity contribution in [2.45, 2.75) is 84.0 Å². The van der Waals surface area contributed by atoms with Crippen molar-refractivity contribution >= 4 is 35.6 Å². The molecule has 1 saturated heterocycles. The molecule has 2 aromatic rings. The molecule has 0 aliphatic carbocycles. The van der Waals surface area contributed by atoms with Gasteiger partial charge in [0.2, 0.25) is 5.91 Å². The molecule has 0 aromatic heterocycles. The van der Waals surface area contributed by atoms with Crippen molar-refractivity contribution in [2.75, 3.05) is 18.9 Å². The smallest absolute Gasteiger partial charge is 0.407 e. The van der Waals surface area contributed by atoms with Crippen LogP contribution in [0.3, 0.4) is 0 Å². The predicted octanol–water partition coefficient (Wildman–Crippen LogP) is 5.11. The summed E-state index contributed by atoms with van der Waals surface area (Å²) in [5.41, 5.74) is -0.355. The van der Waals surface area contributed by atoms with Crippen LogP contribution >= 0.6 is 11.8 Å². The number of nitrogens with one attached hydrogen (secondary N) is 2. The lowest BCUT2D eigenvalue weighted by molar-refractivity contribution is -0.153. The Morgan fingerprint density at radius 1 is 1.02 bits per heavy atom. The number of carbonyl (C=O) groups excluding carboxylic acids is 4. The second-order valence-electron chi connectivity index (χ2n) is 12.3. The molecule has 14 heteroatoms. The molecule has 1 aliphatic rings. The number of thioether (sulfide) groups is 1. The van der Waals surface area contributed by atoms with E-state index in [-0.39, 0.29) is 44.0 Å². The molecule has 0 radical (unpaired) electrons. The van der Waals surface area contributed by atoms with Crippen molar-refractivity contribution < 1.29 is 46.6 Å². The Hall–Kier alpha value is -3.94. The van der Waals surface area contributed by atoms with E-state index >= 15 is 0 Å². The van der Waals surface area contributed by atoms with E-state index in [1.165, 1.54) is 16.7 Å². The standard InChI is InChI=1S/C33H42F3N3O7S/c1-7-44-31(42)28(19(2)3)45-23-10-8-20(9-11-23)18-37-29(41)30-39(12-13-47-30)27(40)16-22(38-32(43)46-33(4,5)6)14-21-15-25(35)26(36)17-24(21)34/h8-11,15,17,19,22,28,30H,7,12-14,16,18H2,1-6H3,(H,37,41)(H,38,43)/t22-,28+,30-/m1/s1. The summed E-state index contributed by atoms with van der Waals surface area (Å²) in [6.45, 7) is 11.0. The van der Waals surface area contributed by atoms with Crippen molar-refractivity contribution in [3.63, 3.8) is 0 Å². The number of hydrogen-bond donors (Lipinski definition) is 2. The van der Waals surface area contributed by atoms with E-state index < -0.39 is 64.4 Å². The number of esters is 1. The predicted molar refractivity (Wildman–Crippen MR) is 170 cm³/mol. The molecule has 0 saturated carbocycles. The molecule has 3 amide bonds. The van der Waals surface area contributed by atoms with E-state index in [0.717, 1.165) is 5.56 Å². The van der Waals surface area contributed by atoms with Gasteiger partial charge >= 0.3 is 12.1 Å². The molecule has 2 N–H and O–H groups in total. The molecule has 258 valence electrons. The van der Waals surface area contributed by atoms with Crippen molar-refractivity contribution in [1.29, 1.82) is 0 Å². The van der Waals surface area contributed by atoms with Gasteiger partial charge in [-0.2, -0.15) is 0 Å². The monoisotopic (exact) mass is 681 g/mol. The minimum atomic E-state index is -1.36. The third kappa shape index (κ3) is 11.4. The average molecular weight is 682 g/mol. The summed E-state index contributed by atoms with van der Waals surface area (Å²) in [6, 6.07) is 6.89.